The fourth-order valence-electron chi connectivity index (χ4n) is 4.13. The number of primary amides is 2. The van der Waals surface area contributed by atoms with Crippen LogP contribution in [-0.2, 0) is 16.1 Å². The van der Waals surface area contributed by atoms with Gasteiger partial charge < -0.3 is 11.5 Å². The van der Waals surface area contributed by atoms with Gasteiger partial charge in [-0.15, -0.1) is 0 Å². The molecule has 0 saturated heterocycles. The number of hydrogen-bond donors (Lipinski definition) is 2. The van der Waals surface area contributed by atoms with Crippen molar-refractivity contribution in [2.75, 3.05) is 0 Å². The Labute approximate surface area is 177 Å². The fraction of sp³-hybridized carbons (Fsp3) is 0.0435. The summed E-state index contributed by atoms with van der Waals surface area (Å²) in [6.07, 6.45) is 8.09. The molecule has 0 aliphatic carbocycles. The summed E-state index contributed by atoms with van der Waals surface area (Å²) in [6, 6.07) is 15.7. The third-order valence-electron chi connectivity index (χ3n) is 5.56. The molecule has 8 heteroatoms. The Hall–Kier alpha value is -4.30. The number of quaternary nitrogens is 1. The number of amides is 2. The zero-order valence-corrected chi connectivity index (χ0v) is 16.5. The summed E-state index contributed by atoms with van der Waals surface area (Å²) in [5.41, 5.74) is 14.5. The predicted octanol–water partition coefficient (Wildman–Crippen LogP) is 2.07. The molecule has 31 heavy (non-hydrogen) atoms. The second kappa shape index (κ2) is 6.89. The average Bonchev–Trinajstić information content (AvgIpc) is 3.36. The lowest BCUT2D eigenvalue weighted by Crippen LogP contribution is -2.51. The smallest absolute Gasteiger partial charge is 0.305 e. The normalized spacial score (nSPS) is 19.5. The minimum atomic E-state index is -0.636. The molecule has 0 radical (unpaired) electrons. The Morgan fingerprint density at radius 1 is 0.968 bits per heavy atom. The molecule has 1 atom stereocenters. The van der Waals surface area contributed by atoms with E-state index in [1.165, 1.54) is 6.20 Å². The van der Waals surface area contributed by atoms with E-state index in [0.29, 0.717) is 18.1 Å². The molecule has 2 aliphatic rings. The monoisotopic (exact) mass is 411 g/mol. The first-order valence-electron chi connectivity index (χ1n) is 9.68. The number of amidine groups is 1. The highest BCUT2D eigenvalue weighted by atomic mass is 16.2. The lowest BCUT2D eigenvalue weighted by atomic mass is 10.1. The summed E-state index contributed by atoms with van der Waals surface area (Å²) in [7, 11) is 0. The van der Waals surface area contributed by atoms with Gasteiger partial charge in [0.05, 0.1) is 29.2 Å². The van der Waals surface area contributed by atoms with Crippen molar-refractivity contribution in [3.63, 3.8) is 0 Å². The van der Waals surface area contributed by atoms with Crippen LogP contribution in [0.1, 0.15) is 5.56 Å². The van der Waals surface area contributed by atoms with Crippen molar-refractivity contribution >= 4 is 34.2 Å². The summed E-state index contributed by atoms with van der Waals surface area (Å²) < 4.78 is 1.68. The van der Waals surface area contributed by atoms with E-state index in [2.05, 4.69) is 10.1 Å². The van der Waals surface area contributed by atoms with Crippen LogP contribution < -0.4 is 16.0 Å². The fourth-order valence-corrected chi connectivity index (χ4v) is 4.13. The molecule has 0 fully saturated rings. The number of rotatable bonds is 5. The molecule has 3 heterocycles. The summed E-state index contributed by atoms with van der Waals surface area (Å²) in [4.78, 5) is 28.7. The predicted molar refractivity (Wildman–Crippen MR) is 118 cm³/mol. The summed E-state index contributed by atoms with van der Waals surface area (Å²) in [6.45, 7) is 0.593. The molecule has 5 rings (SSSR count). The Morgan fingerprint density at radius 3 is 2.52 bits per heavy atom. The number of aromatic nitrogens is 2. The molecular formula is C23H19N6O2+. The van der Waals surface area contributed by atoms with Gasteiger partial charge in [0.1, 0.15) is 12.4 Å². The van der Waals surface area contributed by atoms with Crippen molar-refractivity contribution in [1.29, 1.82) is 0 Å². The highest BCUT2D eigenvalue weighted by Crippen LogP contribution is 2.41. The molecule has 1 unspecified atom stereocenters. The van der Waals surface area contributed by atoms with Gasteiger partial charge in [-0.05, 0) is 17.7 Å². The minimum absolute atomic E-state index is 0.210. The molecule has 152 valence electrons. The highest BCUT2D eigenvalue weighted by Gasteiger charge is 2.48. The molecule has 0 saturated carbocycles. The lowest BCUT2D eigenvalue weighted by molar-refractivity contribution is -0.116. The number of aliphatic imine (C=N–C) groups is 1. The van der Waals surface area contributed by atoms with Gasteiger partial charge in [-0.25, -0.2) is 0 Å². The van der Waals surface area contributed by atoms with Crippen LogP contribution in [0.4, 0.5) is 5.69 Å². The second-order valence-corrected chi connectivity index (χ2v) is 7.37. The van der Waals surface area contributed by atoms with Crippen LogP contribution in [0, 0.1) is 0 Å². The van der Waals surface area contributed by atoms with Crippen molar-refractivity contribution in [2.24, 2.45) is 16.5 Å². The molecule has 2 amide bonds. The van der Waals surface area contributed by atoms with Crippen molar-refractivity contribution in [2.45, 2.75) is 6.54 Å². The van der Waals surface area contributed by atoms with Crippen LogP contribution in [0.15, 0.2) is 95.5 Å². The van der Waals surface area contributed by atoms with Crippen molar-refractivity contribution in [1.82, 2.24) is 14.3 Å². The van der Waals surface area contributed by atoms with Gasteiger partial charge in [0.2, 0.25) is 11.5 Å². The zero-order valence-electron chi connectivity index (χ0n) is 16.5. The van der Waals surface area contributed by atoms with E-state index in [0.717, 1.165) is 16.5 Å². The molecule has 8 nitrogen and oxygen atoms in total. The van der Waals surface area contributed by atoms with Crippen LogP contribution in [0.25, 0.3) is 10.9 Å². The number of carbonyl (C=O) groups excluding carboxylic acids is 2. The number of hydrogen-bond acceptors (Lipinski definition) is 4. The first-order chi connectivity index (χ1) is 15.0. The van der Waals surface area contributed by atoms with Crippen LogP contribution in [-0.4, -0.2) is 27.4 Å². The number of benzene rings is 2. The van der Waals surface area contributed by atoms with E-state index in [1.54, 1.807) is 24.5 Å². The first kappa shape index (κ1) is 18.7. The largest absolute Gasteiger partial charge is 0.365 e. The Balaban J connectivity index is 1.72. The molecule has 0 spiro atoms. The standard InChI is InChI=1S/C23H18N6O2/c24-22(30)16-9-10-21-26-12-20(23(25)31)29(21,14-16)19-8-4-7-18-17(19)11-27-28(18)13-15-5-2-1-3-6-15/h1-12,14H,13H2,(H3-,24,25,30,31)/p+1. The van der Waals surface area contributed by atoms with E-state index in [-0.39, 0.29) is 15.8 Å². The van der Waals surface area contributed by atoms with Gasteiger partial charge in [-0.3, -0.25) is 14.3 Å². The van der Waals surface area contributed by atoms with Crippen LogP contribution in [0.5, 0.6) is 0 Å². The number of carbonyl (C=O) groups is 2. The van der Waals surface area contributed by atoms with Gasteiger partial charge in [-0.2, -0.15) is 14.6 Å². The van der Waals surface area contributed by atoms with Crippen LogP contribution in [0.3, 0.4) is 0 Å². The Kier molecular flexibility index (Phi) is 4.16. The first-order valence-corrected chi connectivity index (χ1v) is 9.68. The minimum Gasteiger partial charge on any atom is -0.365 e. The van der Waals surface area contributed by atoms with Gasteiger partial charge in [0, 0.05) is 12.1 Å². The van der Waals surface area contributed by atoms with E-state index in [4.69, 9.17) is 11.5 Å². The van der Waals surface area contributed by atoms with E-state index in [1.807, 2.05) is 53.2 Å². The maximum atomic E-state index is 12.4. The molecule has 1 aromatic heterocycles. The third-order valence-corrected chi connectivity index (χ3v) is 5.56. The lowest BCUT2D eigenvalue weighted by Gasteiger charge is -2.32. The van der Waals surface area contributed by atoms with Gasteiger partial charge in [0.15, 0.2) is 5.69 Å². The summed E-state index contributed by atoms with van der Waals surface area (Å²) in [5.74, 6) is -0.694. The molecule has 0 bridgehead atoms. The van der Waals surface area contributed by atoms with Crippen LogP contribution in [0.2, 0.25) is 0 Å². The molecular weight excluding hydrogens is 392 g/mol. The van der Waals surface area contributed by atoms with Crippen molar-refractivity contribution in [3.8, 4) is 0 Å². The number of fused-ring (bicyclic) bond motifs is 2. The average molecular weight is 411 g/mol. The van der Waals surface area contributed by atoms with E-state index < -0.39 is 11.8 Å². The molecule has 2 aliphatic heterocycles. The van der Waals surface area contributed by atoms with E-state index >= 15 is 0 Å². The van der Waals surface area contributed by atoms with Gasteiger partial charge in [0.25, 0.3) is 5.91 Å². The zero-order chi connectivity index (χ0) is 21.6. The second-order valence-electron chi connectivity index (χ2n) is 7.37. The van der Waals surface area contributed by atoms with Crippen LogP contribution >= 0.6 is 0 Å². The van der Waals surface area contributed by atoms with Gasteiger partial charge >= 0.3 is 5.91 Å². The van der Waals surface area contributed by atoms with Gasteiger partial charge in [-0.1, -0.05) is 36.4 Å². The van der Waals surface area contributed by atoms with Crippen molar-refractivity contribution in [3.05, 3.63) is 96.1 Å². The Bertz CT molecular complexity index is 1360. The SMILES string of the molecule is NC(=O)C1=C[N+]2(c3cccc4c3cnn4Cc3ccccc3)C(C(N)=O)=CN=C2C=C1. The number of nitrogens with zero attached hydrogens (tertiary/aromatic N) is 4. The maximum absolute atomic E-state index is 12.4. The summed E-state index contributed by atoms with van der Waals surface area (Å²) >= 11 is 0. The molecule has 2 aromatic carbocycles. The summed E-state index contributed by atoms with van der Waals surface area (Å²) in [5, 5.41) is 5.40. The molecule has 3 aromatic rings. The quantitative estimate of drug-likeness (QED) is 0.626. The van der Waals surface area contributed by atoms with Crippen molar-refractivity contribution < 1.29 is 9.59 Å². The molecule has 4 N–H and O–H groups in total. The third kappa shape index (κ3) is 2.81. The topological polar surface area (TPSA) is 116 Å². The number of nitrogens with two attached hydrogens (primary N) is 2. The maximum Gasteiger partial charge on any atom is 0.305 e. The Morgan fingerprint density at radius 2 is 1.77 bits per heavy atom. The highest BCUT2D eigenvalue weighted by molar-refractivity contribution is 6.18. The van der Waals surface area contributed by atoms with E-state index in [9.17, 15) is 9.59 Å².